The van der Waals surface area contributed by atoms with Gasteiger partial charge in [0.1, 0.15) is 0 Å². The lowest BCUT2D eigenvalue weighted by atomic mass is 10.2. The molecule has 0 bridgehead atoms. The molecule has 0 radical (unpaired) electrons. The second-order valence-electron chi connectivity index (χ2n) is 5.22. The Bertz CT molecular complexity index is 554. The van der Waals surface area contributed by atoms with Crippen molar-refractivity contribution in [1.82, 2.24) is 19.8 Å². The van der Waals surface area contributed by atoms with Crippen LogP contribution in [-0.2, 0) is 11.3 Å². The third-order valence-corrected chi connectivity index (χ3v) is 3.86. The Morgan fingerprint density at radius 3 is 3.30 bits per heavy atom. The maximum atomic E-state index is 5.79. The molecule has 1 aliphatic heterocycles. The second kappa shape index (κ2) is 6.35. The van der Waals surface area contributed by atoms with Crippen molar-refractivity contribution in [3.05, 3.63) is 36.2 Å². The molecular formula is C15H22N4O. The summed E-state index contributed by atoms with van der Waals surface area (Å²) in [6, 6.07) is 6.14. The summed E-state index contributed by atoms with van der Waals surface area (Å²) in [5.41, 5.74) is 2.40. The van der Waals surface area contributed by atoms with Crippen LogP contribution in [0.2, 0.25) is 0 Å². The second-order valence-corrected chi connectivity index (χ2v) is 5.22. The van der Waals surface area contributed by atoms with Gasteiger partial charge in [-0.3, -0.25) is 4.90 Å². The van der Waals surface area contributed by atoms with Gasteiger partial charge in [0.15, 0.2) is 0 Å². The smallest absolute Gasteiger partial charge is 0.0826 e. The van der Waals surface area contributed by atoms with Crippen LogP contribution in [0.4, 0.5) is 0 Å². The normalized spacial score (nSPS) is 20.6. The zero-order chi connectivity index (χ0) is 13.8. The van der Waals surface area contributed by atoms with E-state index in [0.717, 1.165) is 39.3 Å². The SMILES string of the molecule is CCN1CCOC(CNCc2cnn3ccccc23)C1. The van der Waals surface area contributed by atoms with Crippen molar-refractivity contribution < 1.29 is 4.74 Å². The lowest BCUT2D eigenvalue weighted by molar-refractivity contribution is -0.0253. The van der Waals surface area contributed by atoms with E-state index < -0.39 is 0 Å². The van der Waals surface area contributed by atoms with Crippen molar-refractivity contribution in [3.63, 3.8) is 0 Å². The average molecular weight is 274 g/mol. The Balaban J connectivity index is 1.52. The van der Waals surface area contributed by atoms with Crippen molar-refractivity contribution in [2.45, 2.75) is 19.6 Å². The number of aromatic nitrogens is 2. The molecule has 0 aromatic carbocycles. The zero-order valence-electron chi connectivity index (χ0n) is 12.0. The van der Waals surface area contributed by atoms with Crippen LogP contribution < -0.4 is 5.32 Å². The molecule has 20 heavy (non-hydrogen) atoms. The first-order valence-corrected chi connectivity index (χ1v) is 7.32. The van der Waals surface area contributed by atoms with E-state index in [1.165, 1.54) is 11.1 Å². The number of hydrogen-bond acceptors (Lipinski definition) is 4. The molecule has 1 fully saturated rings. The van der Waals surface area contributed by atoms with Gasteiger partial charge in [0.05, 0.1) is 24.4 Å². The molecule has 1 unspecified atom stereocenters. The highest BCUT2D eigenvalue weighted by Crippen LogP contribution is 2.10. The molecule has 1 saturated heterocycles. The van der Waals surface area contributed by atoms with E-state index in [9.17, 15) is 0 Å². The fourth-order valence-corrected chi connectivity index (χ4v) is 2.68. The summed E-state index contributed by atoms with van der Waals surface area (Å²) in [6.45, 7) is 7.96. The summed E-state index contributed by atoms with van der Waals surface area (Å²) in [5.74, 6) is 0. The monoisotopic (exact) mass is 274 g/mol. The Hall–Kier alpha value is -1.43. The number of ether oxygens (including phenoxy) is 1. The van der Waals surface area contributed by atoms with Crippen molar-refractivity contribution in [1.29, 1.82) is 0 Å². The molecule has 0 saturated carbocycles. The predicted molar refractivity (Wildman–Crippen MR) is 78.8 cm³/mol. The van der Waals surface area contributed by atoms with Gasteiger partial charge in [0.2, 0.25) is 0 Å². The van der Waals surface area contributed by atoms with E-state index in [1.54, 1.807) is 0 Å². The fourth-order valence-electron chi connectivity index (χ4n) is 2.68. The topological polar surface area (TPSA) is 41.8 Å². The van der Waals surface area contributed by atoms with Crippen LogP contribution in [0.1, 0.15) is 12.5 Å². The number of rotatable bonds is 5. The number of morpholine rings is 1. The molecule has 2 aromatic rings. The van der Waals surface area contributed by atoms with Crippen molar-refractivity contribution in [3.8, 4) is 0 Å². The molecular weight excluding hydrogens is 252 g/mol. The number of nitrogens with one attached hydrogen (secondary N) is 1. The molecule has 5 nitrogen and oxygen atoms in total. The van der Waals surface area contributed by atoms with Crippen molar-refractivity contribution in [2.24, 2.45) is 0 Å². The van der Waals surface area contributed by atoms with E-state index in [4.69, 9.17) is 4.74 Å². The first-order valence-electron chi connectivity index (χ1n) is 7.32. The maximum Gasteiger partial charge on any atom is 0.0826 e. The van der Waals surface area contributed by atoms with E-state index in [1.807, 2.05) is 29.0 Å². The van der Waals surface area contributed by atoms with Crippen molar-refractivity contribution >= 4 is 5.52 Å². The number of pyridine rings is 1. The summed E-state index contributed by atoms with van der Waals surface area (Å²) >= 11 is 0. The lowest BCUT2D eigenvalue weighted by Crippen LogP contribution is -2.46. The van der Waals surface area contributed by atoms with Crippen LogP contribution in [0.3, 0.4) is 0 Å². The molecule has 108 valence electrons. The van der Waals surface area contributed by atoms with Gasteiger partial charge in [0.25, 0.3) is 0 Å². The minimum absolute atomic E-state index is 0.297. The van der Waals surface area contributed by atoms with E-state index in [2.05, 4.69) is 28.3 Å². The molecule has 1 aliphatic rings. The lowest BCUT2D eigenvalue weighted by Gasteiger charge is -2.32. The molecule has 0 amide bonds. The van der Waals surface area contributed by atoms with Crippen LogP contribution in [0, 0.1) is 0 Å². The Morgan fingerprint density at radius 1 is 1.45 bits per heavy atom. The van der Waals surface area contributed by atoms with Crippen LogP contribution in [0.15, 0.2) is 30.6 Å². The molecule has 1 atom stereocenters. The maximum absolute atomic E-state index is 5.79. The van der Waals surface area contributed by atoms with Gasteiger partial charge in [-0.1, -0.05) is 13.0 Å². The predicted octanol–water partition coefficient (Wildman–Crippen LogP) is 1.14. The summed E-state index contributed by atoms with van der Waals surface area (Å²) in [6.07, 6.45) is 4.20. The largest absolute Gasteiger partial charge is 0.374 e. The quantitative estimate of drug-likeness (QED) is 0.888. The Morgan fingerprint density at radius 2 is 2.40 bits per heavy atom. The molecule has 0 spiro atoms. The first kappa shape index (κ1) is 13.5. The summed E-state index contributed by atoms with van der Waals surface area (Å²) in [4.78, 5) is 2.44. The summed E-state index contributed by atoms with van der Waals surface area (Å²) < 4.78 is 7.70. The zero-order valence-corrected chi connectivity index (χ0v) is 12.0. The highest BCUT2D eigenvalue weighted by Gasteiger charge is 2.18. The number of fused-ring (bicyclic) bond motifs is 1. The van der Waals surface area contributed by atoms with Gasteiger partial charge < -0.3 is 10.1 Å². The van der Waals surface area contributed by atoms with Crippen LogP contribution in [0.5, 0.6) is 0 Å². The molecule has 3 rings (SSSR count). The number of hydrogen-bond donors (Lipinski definition) is 1. The van der Waals surface area contributed by atoms with Crippen LogP contribution >= 0.6 is 0 Å². The third-order valence-electron chi connectivity index (χ3n) is 3.86. The molecule has 0 aliphatic carbocycles. The molecule has 2 aromatic heterocycles. The van der Waals surface area contributed by atoms with Gasteiger partial charge in [-0.15, -0.1) is 0 Å². The molecule has 5 heteroatoms. The van der Waals surface area contributed by atoms with Gasteiger partial charge in [-0.05, 0) is 18.7 Å². The molecule has 1 N–H and O–H groups in total. The van der Waals surface area contributed by atoms with Gasteiger partial charge in [-0.2, -0.15) is 5.10 Å². The van der Waals surface area contributed by atoms with Crippen molar-refractivity contribution in [2.75, 3.05) is 32.8 Å². The van der Waals surface area contributed by atoms with Crippen LogP contribution in [0.25, 0.3) is 5.52 Å². The minimum atomic E-state index is 0.297. The van der Waals surface area contributed by atoms with E-state index in [0.29, 0.717) is 6.10 Å². The standard InChI is InChI=1S/C15H22N4O/c1-2-18-7-8-20-14(12-18)11-16-9-13-10-17-19-6-4-3-5-15(13)19/h3-6,10,14,16H,2,7-9,11-12H2,1H3. The highest BCUT2D eigenvalue weighted by atomic mass is 16.5. The molecule has 3 heterocycles. The third kappa shape index (κ3) is 3.00. The van der Waals surface area contributed by atoms with E-state index >= 15 is 0 Å². The Kier molecular flexibility index (Phi) is 4.30. The summed E-state index contributed by atoms with van der Waals surface area (Å²) in [5, 5.41) is 7.84. The average Bonchev–Trinajstić information content (AvgIpc) is 2.91. The number of likely N-dealkylation sites (N-methyl/N-ethyl adjacent to an activating group) is 1. The highest BCUT2D eigenvalue weighted by molar-refractivity contribution is 5.53. The van der Waals surface area contributed by atoms with Crippen LogP contribution in [-0.4, -0.2) is 53.4 Å². The minimum Gasteiger partial charge on any atom is -0.374 e. The first-order chi connectivity index (χ1) is 9.86. The Labute approximate surface area is 119 Å². The number of nitrogens with zero attached hydrogens (tertiary/aromatic N) is 3. The van der Waals surface area contributed by atoms with E-state index in [-0.39, 0.29) is 0 Å². The fraction of sp³-hybridized carbons (Fsp3) is 0.533. The van der Waals surface area contributed by atoms with Gasteiger partial charge in [-0.25, -0.2) is 4.52 Å². The van der Waals surface area contributed by atoms with Gasteiger partial charge in [0, 0.05) is 37.9 Å². The summed E-state index contributed by atoms with van der Waals surface area (Å²) in [7, 11) is 0. The van der Waals surface area contributed by atoms with Gasteiger partial charge >= 0.3 is 0 Å².